The van der Waals surface area contributed by atoms with Crippen molar-refractivity contribution in [1.29, 1.82) is 0 Å². The average Bonchev–Trinajstić information content (AvgIpc) is 2.05. The quantitative estimate of drug-likeness (QED) is 0.656. The van der Waals surface area contributed by atoms with Gasteiger partial charge in [0.15, 0.2) is 11.6 Å². The van der Waals surface area contributed by atoms with Gasteiger partial charge in [0.2, 0.25) is 0 Å². The maximum Gasteiger partial charge on any atom is 0.165 e. The van der Waals surface area contributed by atoms with E-state index in [1.807, 2.05) is 25.1 Å². The lowest BCUT2D eigenvalue weighted by Crippen LogP contribution is -1.87. The molecule has 64 valence electrons. The van der Waals surface area contributed by atoms with Crippen molar-refractivity contribution in [1.82, 2.24) is 0 Å². The molecule has 0 saturated heterocycles. The zero-order valence-electron chi connectivity index (χ0n) is 7.17. The van der Waals surface area contributed by atoms with Crippen LogP contribution in [0.25, 0.3) is 6.08 Å². The molecule has 0 radical (unpaired) electrons. The molecule has 0 heterocycles. The molecule has 12 heavy (non-hydrogen) atoms. The van der Waals surface area contributed by atoms with Gasteiger partial charge in [0.1, 0.15) is 0 Å². The van der Waals surface area contributed by atoms with Gasteiger partial charge >= 0.3 is 0 Å². The Morgan fingerprint density at radius 2 is 2.17 bits per heavy atom. The third-order valence-corrected chi connectivity index (χ3v) is 1.53. The van der Waals surface area contributed by atoms with Crippen LogP contribution < -0.4 is 4.74 Å². The van der Waals surface area contributed by atoms with Crippen LogP contribution in [0.15, 0.2) is 24.3 Å². The van der Waals surface area contributed by atoms with Gasteiger partial charge in [0.05, 0.1) is 7.11 Å². The van der Waals surface area contributed by atoms with Crippen LogP contribution in [0.3, 0.4) is 0 Å². The molecule has 1 nitrogen and oxygen atoms in total. The van der Waals surface area contributed by atoms with E-state index in [0.29, 0.717) is 0 Å². The Morgan fingerprint density at radius 3 is 2.67 bits per heavy atom. The van der Waals surface area contributed by atoms with E-state index in [1.54, 1.807) is 6.07 Å². The molecular formula is C10H11FO. The van der Waals surface area contributed by atoms with Crippen LogP contribution in [0.1, 0.15) is 12.5 Å². The summed E-state index contributed by atoms with van der Waals surface area (Å²) in [6, 6.07) is 4.87. The molecule has 0 saturated carbocycles. The minimum atomic E-state index is -0.326. The molecular weight excluding hydrogens is 155 g/mol. The SMILES string of the molecule is C/C=C/c1ccc(OC)c(F)c1. The topological polar surface area (TPSA) is 9.23 Å². The lowest BCUT2D eigenvalue weighted by atomic mass is 10.2. The number of halogens is 1. The Bertz CT molecular complexity index is 292. The number of methoxy groups -OCH3 is 1. The molecule has 2 heteroatoms. The standard InChI is InChI=1S/C10H11FO/c1-3-4-8-5-6-10(12-2)9(11)7-8/h3-7H,1-2H3/b4-3+. The predicted molar refractivity (Wildman–Crippen MR) is 47.7 cm³/mol. The number of ether oxygens (including phenoxy) is 1. The largest absolute Gasteiger partial charge is 0.494 e. The summed E-state index contributed by atoms with van der Waals surface area (Å²) in [5.74, 6) is -0.0450. The first-order chi connectivity index (χ1) is 5.77. The number of allylic oxidation sites excluding steroid dienone is 1. The molecule has 0 fully saturated rings. The van der Waals surface area contributed by atoms with E-state index in [-0.39, 0.29) is 11.6 Å². The summed E-state index contributed by atoms with van der Waals surface area (Å²) in [4.78, 5) is 0. The normalized spacial score (nSPS) is 10.6. The smallest absolute Gasteiger partial charge is 0.165 e. The second-order valence-corrected chi connectivity index (χ2v) is 2.39. The number of benzene rings is 1. The molecule has 0 bridgehead atoms. The second-order valence-electron chi connectivity index (χ2n) is 2.39. The van der Waals surface area contributed by atoms with E-state index in [9.17, 15) is 4.39 Å². The van der Waals surface area contributed by atoms with Gasteiger partial charge in [-0.2, -0.15) is 0 Å². The third-order valence-electron chi connectivity index (χ3n) is 1.53. The number of hydrogen-bond acceptors (Lipinski definition) is 1. The summed E-state index contributed by atoms with van der Waals surface area (Å²) in [5.41, 5.74) is 0.843. The highest BCUT2D eigenvalue weighted by Gasteiger charge is 2.00. The van der Waals surface area contributed by atoms with Gasteiger partial charge in [-0.3, -0.25) is 0 Å². The molecule has 0 amide bonds. The Kier molecular flexibility index (Phi) is 2.86. The highest BCUT2D eigenvalue weighted by Crippen LogP contribution is 2.18. The molecule has 0 aromatic heterocycles. The molecule has 1 rings (SSSR count). The van der Waals surface area contributed by atoms with Crippen molar-refractivity contribution >= 4 is 6.08 Å². The zero-order chi connectivity index (χ0) is 8.97. The average molecular weight is 166 g/mol. The van der Waals surface area contributed by atoms with Crippen molar-refractivity contribution < 1.29 is 9.13 Å². The molecule has 0 N–H and O–H groups in total. The van der Waals surface area contributed by atoms with Crippen molar-refractivity contribution in [2.24, 2.45) is 0 Å². The maximum absolute atomic E-state index is 13.0. The van der Waals surface area contributed by atoms with Crippen LogP contribution in [-0.2, 0) is 0 Å². The van der Waals surface area contributed by atoms with E-state index in [4.69, 9.17) is 4.74 Å². The summed E-state index contributed by atoms with van der Waals surface area (Å²) in [6.07, 6.45) is 3.70. The van der Waals surface area contributed by atoms with Crippen molar-refractivity contribution in [2.45, 2.75) is 6.92 Å². The monoisotopic (exact) mass is 166 g/mol. The van der Waals surface area contributed by atoms with Crippen molar-refractivity contribution in [3.8, 4) is 5.75 Å². The summed E-state index contributed by atoms with van der Waals surface area (Å²) in [5, 5.41) is 0. The van der Waals surface area contributed by atoms with Crippen molar-refractivity contribution in [2.75, 3.05) is 7.11 Å². The summed E-state index contributed by atoms with van der Waals surface area (Å²) in [7, 11) is 1.45. The van der Waals surface area contributed by atoms with E-state index >= 15 is 0 Å². The van der Waals surface area contributed by atoms with Crippen LogP contribution in [-0.4, -0.2) is 7.11 Å². The zero-order valence-corrected chi connectivity index (χ0v) is 7.17. The molecule has 0 aliphatic carbocycles. The molecule has 1 aromatic rings. The predicted octanol–water partition coefficient (Wildman–Crippen LogP) is 2.87. The van der Waals surface area contributed by atoms with Gasteiger partial charge in [0, 0.05) is 0 Å². The minimum absolute atomic E-state index is 0.281. The van der Waals surface area contributed by atoms with Gasteiger partial charge in [-0.1, -0.05) is 18.2 Å². The van der Waals surface area contributed by atoms with E-state index in [2.05, 4.69) is 0 Å². The van der Waals surface area contributed by atoms with Crippen LogP contribution in [0.5, 0.6) is 5.75 Å². The van der Waals surface area contributed by atoms with Gasteiger partial charge in [0.25, 0.3) is 0 Å². The lowest BCUT2D eigenvalue weighted by Gasteiger charge is -2.01. The summed E-state index contributed by atoms with van der Waals surface area (Å²) in [6.45, 7) is 1.89. The Morgan fingerprint density at radius 1 is 1.42 bits per heavy atom. The van der Waals surface area contributed by atoms with Crippen LogP contribution in [0, 0.1) is 5.82 Å². The second kappa shape index (κ2) is 3.90. The first-order valence-corrected chi connectivity index (χ1v) is 3.74. The van der Waals surface area contributed by atoms with Gasteiger partial charge < -0.3 is 4.74 Å². The fourth-order valence-corrected chi connectivity index (χ4v) is 0.979. The van der Waals surface area contributed by atoms with Crippen LogP contribution >= 0.6 is 0 Å². The lowest BCUT2D eigenvalue weighted by molar-refractivity contribution is 0.386. The molecule has 0 aliphatic rings. The fraction of sp³-hybridized carbons (Fsp3) is 0.200. The fourth-order valence-electron chi connectivity index (χ4n) is 0.979. The Hall–Kier alpha value is -1.31. The van der Waals surface area contributed by atoms with E-state index in [1.165, 1.54) is 13.2 Å². The highest BCUT2D eigenvalue weighted by molar-refractivity contribution is 5.50. The molecule has 1 aromatic carbocycles. The molecule has 0 atom stereocenters. The van der Waals surface area contributed by atoms with E-state index in [0.717, 1.165) is 5.56 Å². The van der Waals surface area contributed by atoms with Gasteiger partial charge in [-0.25, -0.2) is 4.39 Å². The summed E-state index contributed by atoms with van der Waals surface area (Å²) >= 11 is 0. The van der Waals surface area contributed by atoms with Gasteiger partial charge in [-0.05, 0) is 24.6 Å². The minimum Gasteiger partial charge on any atom is -0.494 e. The highest BCUT2D eigenvalue weighted by atomic mass is 19.1. The number of hydrogen-bond donors (Lipinski definition) is 0. The van der Waals surface area contributed by atoms with Crippen molar-refractivity contribution in [3.05, 3.63) is 35.7 Å². The third kappa shape index (κ3) is 1.84. The van der Waals surface area contributed by atoms with Crippen LogP contribution in [0.4, 0.5) is 4.39 Å². The van der Waals surface area contributed by atoms with E-state index < -0.39 is 0 Å². The maximum atomic E-state index is 13.0. The van der Waals surface area contributed by atoms with Crippen molar-refractivity contribution in [3.63, 3.8) is 0 Å². The summed E-state index contributed by atoms with van der Waals surface area (Å²) < 4.78 is 17.8. The van der Waals surface area contributed by atoms with Crippen LogP contribution in [0.2, 0.25) is 0 Å². The van der Waals surface area contributed by atoms with Gasteiger partial charge in [-0.15, -0.1) is 0 Å². The Labute approximate surface area is 71.5 Å². The molecule has 0 unspecified atom stereocenters. The molecule has 0 spiro atoms. The first-order valence-electron chi connectivity index (χ1n) is 3.74. The number of rotatable bonds is 2. The Balaban J connectivity index is 3.01. The first kappa shape index (κ1) is 8.78. The molecule has 0 aliphatic heterocycles.